The predicted molar refractivity (Wildman–Crippen MR) is 118 cm³/mol. The van der Waals surface area contributed by atoms with Gasteiger partial charge in [-0.3, -0.25) is 0 Å². The van der Waals surface area contributed by atoms with E-state index in [2.05, 4.69) is 63.4 Å². The van der Waals surface area contributed by atoms with Crippen LogP contribution in [0.5, 0.6) is 0 Å². The van der Waals surface area contributed by atoms with E-state index in [0.717, 1.165) is 52.8 Å². The van der Waals surface area contributed by atoms with E-state index in [0.29, 0.717) is 0 Å². The molecule has 0 spiro atoms. The predicted octanol–water partition coefficient (Wildman–Crippen LogP) is 5.58. The normalized spacial score (nSPS) is 11.4. The zero-order chi connectivity index (χ0) is 18.8. The van der Waals surface area contributed by atoms with Gasteiger partial charge in [-0.15, -0.1) is 0 Å². The first-order valence-corrected chi connectivity index (χ1v) is 9.82. The summed E-state index contributed by atoms with van der Waals surface area (Å²) in [5.41, 5.74) is 6.39. The lowest BCUT2D eigenvalue weighted by molar-refractivity contribution is 0.449. The number of pyridine rings is 1. The van der Waals surface area contributed by atoms with Crippen molar-refractivity contribution in [1.82, 2.24) is 25.3 Å². The van der Waals surface area contributed by atoms with E-state index in [4.69, 9.17) is 0 Å². The Balaban J connectivity index is 0.00000225. The first-order valence-electron chi connectivity index (χ1n) is 9.82. The van der Waals surface area contributed by atoms with Gasteiger partial charge in [-0.25, -0.2) is 9.97 Å². The van der Waals surface area contributed by atoms with Crippen molar-refractivity contribution in [3.8, 4) is 11.3 Å². The summed E-state index contributed by atoms with van der Waals surface area (Å²) in [6, 6.07) is 10.9. The van der Waals surface area contributed by atoms with Gasteiger partial charge in [0.05, 0.1) is 5.52 Å². The number of aromatic amines is 2. The van der Waals surface area contributed by atoms with Gasteiger partial charge in [0.2, 0.25) is 0 Å². The maximum Gasteiger partial charge on any atom is 0.178 e. The number of aromatic nitrogens is 4. The molecule has 0 bridgehead atoms. The van der Waals surface area contributed by atoms with Gasteiger partial charge in [0.1, 0.15) is 5.82 Å². The monoisotopic (exact) mass is 377 g/mol. The largest absolute Gasteiger partial charge is 0.354 e. The number of nitrogens with zero attached hydrogens (tertiary/aromatic N) is 2. The number of imidazole rings is 1. The van der Waals surface area contributed by atoms with E-state index in [9.17, 15) is 0 Å². The lowest BCUT2D eigenvalue weighted by Gasteiger charge is -2.13. The topological polar surface area (TPSA) is 69.4 Å². The molecule has 5 nitrogen and oxygen atoms in total. The summed E-state index contributed by atoms with van der Waals surface area (Å²) in [7, 11) is 0. The molecule has 0 atom stereocenters. The fraction of sp³-hybridized carbons (Fsp3) is 0.391. The molecule has 0 aliphatic heterocycles. The molecule has 3 heterocycles. The number of benzene rings is 1. The molecule has 5 heteroatoms. The van der Waals surface area contributed by atoms with Crippen molar-refractivity contribution < 1.29 is 0 Å². The van der Waals surface area contributed by atoms with Crippen molar-refractivity contribution >= 4 is 22.1 Å². The number of aryl methyl sites for hydroxylation is 1. The van der Waals surface area contributed by atoms with E-state index in [1.807, 2.05) is 19.2 Å². The lowest BCUT2D eigenvalue weighted by Crippen LogP contribution is -2.21. The van der Waals surface area contributed by atoms with Crippen molar-refractivity contribution in [3.05, 3.63) is 47.9 Å². The van der Waals surface area contributed by atoms with Crippen molar-refractivity contribution in [1.29, 1.82) is 0 Å². The van der Waals surface area contributed by atoms with Crippen LogP contribution < -0.4 is 5.32 Å². The third-order valence-corrected chi connectivity index (χ3v) is 5.40. The summed E-state index contributed by atoms with van der Waals surface area (Å²) >= 11 is 0. The lowest BCUT2D eigenvalue weighted by atomic mass is 10.0. The number of hydrogen-bond acceptors (Lipinski definition) is 3. The van der Waals surface area contributed by atoms with Crippen molar-refractivity contribution in [2.75, 3.05) is 6.54 Å². The van der Waals surface area contributed by atoms with Gasteiger partial charge >= 0.3 is 0 Å². The molecule has 3 N–H and O–H groups in total. The van der Waals surface area contributed by atoms with Gasteiger partial charge in [0, 0.05) is 34.9 Å². The van der Waals surface area contributed by atoms with Crippen LogP contribution in [0.25, 0.3) is 33.3 Å². The average molecular weight is 378 g/mol. The Bertz CT molecular complexity index is 1060. The Hall–Kier alpha value is -2.66. The van der Waals surface area contributed by atoms with E-state index >= 15 is 0 Å². The van der Waals surface area contributed by atoms with Gasteiger partial charge in [0.25, 0.3) is 0 Å². The number of rotatable bonds is 7. The highest BCUT2D eigenvalue weighted by atomic mass is 15.0. The minimum absolute atomic E-state index is 0. The standard InChI is InChI=1S/C22H27N5.CH4/c1-4-15(5-2)12-23-13-16-6-7-19-17(10-16)11-20(27-19)18-8-9-24-22-21(18)25-14(3)26-22;/h6-11,15,23,27H,4-5,12-13H2,1-3H3,(H,24,25,26);1H4. The van der Waals surface area contributed by atoms with Crippen LogP contribution in [0.3, 0.4) is 0 Å². The Kier molecular flexibility index (Phi) is 6.15. The summed E-state index contributed by atoms with van der Waals surface area (Å²) in [6.07, 6.45) is 4.28. The van der Waals surface area contributed by atoms with Crippen molar-refractivity contribution in [3.63, 3.8) is 0 Å². The van der Waals surface area contributed by atoms with Crippen LogP contribution in [0.1, 0.15) is 45.5 Å². The molecule has 0 unspecified atom stereocenters. The fourth-order valence-electron chi connectivity index (χ4n) is 3.69. The quantitative estimate of drug-likeness (QED) is 0.394. The smallest absolute Gasteiger partial charge is 0.178 e. The van der Waals surface area contributed by atoms with Gasteiger partial charge in [-0.2, -0.15) is 0 Å². The number of H-pyrrole nitrogens is 2. The highest BCUT2D eigenvalue weighted by molar-refractivity contribution is 5.94. The summed E-state index contributed by atoms with van der Waals surface area (Å²) in [4.78, 5) is 15.7. The molecule has 0 saturated heterocycles. The van der Waals surface area contributed by atoms with Crippen molar-refractivity contribution in [2.24, 2.45) is 5.92 Å². The molecule has 0 aliphatic rings. The molecule has 3 aromatic heterocycles. The zero-order valence-electron chi connectivity index (χ0n) is 16.3. The molecule has 1 aromatic carbocycles. The molecule has 148 valence electrons. The first-order chi connectivity index (χ1) is 13.2. The molecule has 0 amide bonds. The molecule has 0 radical (unpaired) electrons. The maximum atomic E-state index is 4.44. The van der Waals surface area contributed by atoms with Crippen LogP contribution in [0, 0.1) is 12.8 Å². The average Bonchev–Trinajstić information content (AvgIpc) is 3.26. The molecule has 28 heavy (non-hydrogen) atoms. The molecular weight excluding hydrogens is 346 g/mol. The van der Waals surface area contributed by atoms with E-state index in [1.165, 1.54) is 23.8 Å². The molecule has 0 aliphatic carbocycles. The van der Waals surface area contributed by atoms with E-state index < -0.39 is 0 Å². The number of nitrogens with one attached hydrogen (secondary N) is 3. The second-order valence-corrected chi connectivity index (χ2v) is 7.30. The molecule has 0 fully saturated rings. The number of hydrogen-bond donors (Lipinski definition) is 3. The van der Waals surface area contributed by atoms with Gasteiger partial charge in [-0.1, -0.05) is 40.2 Å². The highest BCUT2D eigenvalue weighted by Gasteiger charge is 2.11. The minimum Gasteiger partial charge on any atom is -0.354 e. The molecular formula is C23H31N5. The number of fused-ring (bicyclic) bond motifs is 2. The Morgan fingerprint density at radius 1 is 1.07 bits per heavy atom. The molecule has 0 saturated carbocycles. The van der Waals surface area contributed by atoms with Crippen LogP contribution in [-0.2, 0) is 6.54 Å². The third-order valence-electron chi connectivity index (χ3n) is 5.40. The maximum absolute atomic E-state index is 4.44. The summed E-state index contributed by atoms with van der Waals surface area (Å²) in [5, 5.41) is 4.83. The van der Waals surface area contributed by atoms with E-state index in [-0.39, 0.29) is 7.43 Å². The molecule has 4 aromatic rings. The minimum atomic E-state index is 0. The fourth-order valence-corrected chi connectivity index (χ4v) is 3.69. The van der Waals surface area contributed by atoms with Crippen LogP contribution >= 0.6 is 0 Å². The summed E-state index contributed by atoms with van der Waals surface area (Å²) in [5.74, 6) is 1.64. The SMILES string of the molecule is C.CCC(CC)CNCc1ccc2[nH]c(-c3ccnc4nc(C)[nH]c34)cc2c1. The second-order valence-electron chi connectivity index (χ2n) is 7.30. The third kappa shape index (κ3) is 3.94. The van der Waals surface area contributed by atoms with Crippen LogP contribution in [0.4, 0.5) is 0 Å². The van der Waals surface area contributed by atoms with E-state index in [1.54, 1.807) is 0 Å². The summed E-state index contributed by atoms with van der Waals surface area (Å²) in [6.45, 7) is 8.47. The van der Waals surface area contributed by atoms with Crippen LogP contribution in [0.15, 0.2) is 36.5 Å². The Morgan fingerprint density at radius 2 is 1.89 bits per heavy atom. The van der Waals surface area contributed by atoms with Gasteiger partial charge in [-0.05, 0) is 49.2 Å². The van der Waals surface area contributed by atoms with Crippen LogP contribution in [-0.4, -0.2) is 26.5 Å². The van der Waals surface area contributed by atoms with Gasteiger partial charge in [0.15, 0.2) is 5.65 Å². The Morgan fingerprint density at radius 3 is 2.68 bits per heavy atom. The zero-order valence-corrected chi connectivity index (χ0v) is 16.3. The van der Waals surface area contributed by atoms with Crippen molar-refractivity contribution in [2.45, 2.75) is 47.6 Å². The second kappa shape index (κ2) is 8.57. The highest BCUT2D eigenvalue weighted by Crippen LogP contribution is 2.29. The molecule has 4 rings (SSSR count). The summed E-state index contributed by atoms with van der Waals surface area (Å²) < 4.78 is 0. The van der Waals surface area contributed by atoms with Crippen LogP contribution in [0.2, 0.25) is 0 Å². The Labute approximate surface area is 167 Å². The van der Waals surface area contributed by atoms with Gasteiger partial charge < -0.3 is 15.3 Å². The first kappa shape index (κ1) is 20.1.